The molecule has 0 saturated carbocycles. The lowest BCUT2D eigenvalue weighted by Gasteiger charge is -2.30. The van der Waals surface area contributed by atoms with Crippen LogP contribution in [0, 0.1) is 0 Å². The summed E-state index contributed by atoms with van der Waals surface area (Å²) in [5.41, 5.74) is 2.29. The van der Waals surface area contributed by atoms with Crippen LogP contribution in [0.15, 0.2) is 24.3 Å². The van der Waals surface area contributed by atoms with Gasteiger partial charge in [0.2, 0.25) is 0 Å². The summed E-state index contributed by atoms with van der Waals surface area (Å²) in [5, 5.41) is 0. The first-order valence-electron chi connectivity index (χ1n) is 5.10. The van der Waals surface area contributed by atoms with Crippen LogP contribution in [-0.2, 0) is 4.74 Å². The van der Waals surface area contributed by atoms with E-state index in [4.69, 9.17) is 17.0 Å². The normalized spacial score (nSPS) is 16.2. The molecule has 1 heterocycles. The molecule has 0 atom stereocenters. The number of rotatable bonds is 2. The van der Waals surface area contributed by atoms with Crippen LogP contribution in [0.3, 0.4) is 0 Å². The predicted molar refractivity (Wildman–Crippen MR) is 77.8 cm³/mol. The first kappa shape index (κ1) is 12.2. The number of hydrogen-bond acceptors (Lipinski definition) is 5. The van der Waals surface area contributed by atoms with Crippen molar-refractivity contribution in [2.45, 2.75) is 0 Å². The van der Waals surface area contributed by atoms with Gasteiger partial charge in [-0.3, -0.25) is 0 Å². The highest BCUT2D eigenvalue weighted by Gasteiger charge is 2.15. The molecule has 0 aliphatic carbocycles. The van der Waals surface area contributed by atoms with Gasteiger partial charge in [0.1, 0.15) is 0 Å². The molecule has 1 aliphatic heterocycles. The maximum Gasteiger partial charge on any atom is 0.0903 e. The van der Waals surface area contributed by atoms with E-state index in [1.807, 2.05) is 12.1 Å². The summed E-state index contributed by atoms with van der Waals surface area (Å²) in [6.45, 7) is 3.43. The molecule has 0 N–H and O–H groups in total. The number of ether oxygens (including phenoxy) is 1. The van der Waals surface area contributed by atoms with Crippen LogP contribution in [0.1, 0.15) is 5.56 Å². The fourth-order valence-corrected chi connectivity index (χ4v) is 2.51. The zero-order valence-corrected chi connectivity index (χ0v) is 11.3. The summed E-state index contributed by atoms with van der Waals surface area (Å²) >= 11 is 9.48. The van der Waals surface area contributed by atoms with Gasteiger partial charge in [-0.2, -0.15) is 0 Å². The summed E-state index contributed by atoms with van der Waals surface area (Å²) in [7, 11) is 1.32. The van der Waals surface area contributed by atoms with E-state index in [0.717, 1.165) is 36.1 Å². The van der Waals surface area contributed by atoms with E-state index in [1.54, 1.807) is 0 Å². The molecule has 0 aromatic heterocycles. The molecule has 1 aromatic carbocycles. The Balaban J connectivity index is 2.28. The molecule has 1 aliphatic rings. The third kappa shape index (κ3) is 2.71. The van der Waals surface area contributed by atoms with Crippen molar-refractivity contribution in [3.63, 3.8) is 0 Å². The van der Waals surface area contributed by atoms with E-state index in [9.17, 15) is 0 Å². The van der Waals surface area contributed by atoms with Crippen molar-refractivity contribution in [3.05, 3.63) is 29.8 Å². The maximum atomic E-state index is 5.35. The van der Waals surface area contributed by atoms with Gasteiger partial charge in [-0.05, 0) is 16.9 Å². The molecule has 0 radical (unpaired) electrons. The van der Waals surface area contributed by atoms with Crippen LogP contribution in [-0.4, -0.2) is 30.5 Å². The summed E-state index contributed by atoms with van der Waals surface area (Å²) in [5.74, 6) is 0. The van der Waals surface area contributed by atoms with E-state index in [1.165, 1.54) is 16.5 Å². The largest absolute Gasteiger partial charge is 0.378 e. The second-order valence-corrected chi connectivity index (χ2v) is 5.30. The molecule has 2 rings (SSSR count). The van der Waals surface area contributed by atoms with Crippen LogP contribution in [0.4, 0.5) is 5.69 Å². The lowest BCUT2D eigenvalue weighted by atomic mass is 10.1. The molecule has 0 spiro atoms. The summed E-state index contributed by atoms with van der Waals surface area (Å²) in [4.78, 5) is 2.31. The summed E-state index contributed by atoms with van der Waals surface area (Å²) in [6.07, 6.45) is 0. The zero-order valence-electron chi connectivity index (χ0n) is 8.76. The van der Waals surface area contributed by atoms with Crippen LogP contribution < -0.4 is 4.90 Å². The number of thiol groups is 1. The average Bonchev–Trinajstić information content (AvgIpc) is 2.39. The molecule has 5 heteroatoms. The van der Waals surface area contributed by atoms with Crippen molar-refractivity contribution >= 4 is 44.6 Å². The van der Waals surface area contributed by atoms with Gasteiger partial charge in [0.05, 0.1) is 17.4 Å². The monoisotopic (exact) mass is 271 g/mol. The Bertz CT molecular complexity index is 377. The van der Waals surface area contributed by atoms with E-state index < -0.39 is 0 Å². The van der Waals surface area contributed by atoms with Crippen LogP contribution in [0.2, 0.25) is 0 Å². The number of morpholine rings is 1. The molecule has 0 amide bonds. The zero-order chi connectivity index (χ0) is 11.4. The first-order chi connectivity index (χ1) is 7.83. The van der Waals surface area contributed by atoms with Gasteiger partial charge >= 0.3 is 0 Å². The van der Waals surface area contributed by atoms with E-state index >= 15 is 0 Å². The van der Waals surface area contributed by atoms with Crippen LogP contribution >= 0.6 is 34.7 Å². The fourth-order valence-electron chi connectivity index (χ4n) is 1.78. The number of anilines is 1. The number of para-hydroxylation sites is 1. The van der Waals surface area contributed by atoms with Crippen molar-refractivity contribution < 1.29 is 4.74 Å². The molecule has 16 heavy (non-hydrogen) atoms. The second kappa shape index (κ2) is 5.91. The van der Waals surface area contributed by atoms with Crippen molar-refractivity contribution in [1.29, 1.82) is 0 Å². The molecule has 2 nitrogen and oxygen atoms in total. The van der Waals surface area contributed by atoms with Crippen LogP contribution in [0.25, 0.3) is 0 Å². The van der Waals surface area contributed by atoms with E-state index in [-0.39, 0.29) is 0 Å². The van der Waals surface area contributed by atoms with Gasteiger partial charge < -0.3 is 9.64 Å². The highest BCUT2D eigenvalue weighted by atomic mass is 33.1. The van der Waals surface area contributed by atoms with Crippen LogP contribution in [0.5, 0.6) is 0 Å². The Morgan fingerprint density at radius 3 is 2.69 bits per heavy atom. The van der Waals surface area contributed by atoms with E-state index in [0.29, 0.717) is 0 Å². The Labute approximate surface area is 110 Å². The Morgan fingerprint density at radius 1 is 1.31 bits per heavy atom. The lowest BCUT2D eigenvalue weighted by Crippen LogP contribution is -2.36. The van der Waals surface area contributed by atoms with E-state index in [2.05, 4.69) is 28.7 Å². The summed E-state index contributed by atoms with van der Waals surface area (Å²) < 4.78 is 6.18. The highest BCUT2D eigenvalue weighted by molar-refractivity contribution is 8.76. The molecule has 0 bridgehead atoms. The topological polar surface area (TPSA) is 12.5 Å². The molecular weight excluding hydrogens is 258 g/mol. The number of benzene rings is 1. The molecule has 1 fully saturated rings. The quantitative estimate of drug-likeness (QED) is 0.504. The highest BCUT2D eigenvalue weighted by Crippen LogP contribution is 2.27. The fraction of sp³-hybridized carbons (Fsp3) is 0.364. The SMILES string of the molecule is S=C(SS)c1ccccc1N1CCOCC1. The van der Waals surface area contributed by atoms with Crippen molar-refractivity contribution in [2.75, 3.05) is 31.2 Å². The minimum atomic E-state index is 0.787. The Hall–Kier alpha value is -0.230. The molecule has 86 valence electrons. The number of nitrogens with zero attached hydrogens (tertiary/aromatic N) is 1. The van der Waals surface area contributed by atoms with Gasteiger partial charge in [0.25, 0.3) is 0 Å². The predicted octanol–water partition coefficient (Wildman–Crippen LogP) is 2.78. The smallest absolute Gasteiger partial charge is 0.0903 e. The third-order valence-electron chi connectivity index (χ3n) is 2.56. The van der Waals surface area contributed by atoms with Gasteiger partial charge in [-0.15, -0.1) is 11.7 Å². The van der Waals surface area contributed by atoms with Gasteiger partial charge in [0, 0.05) is 24.3 Å². The second-order valence-electron chi connectivity index (χ2n) is 3.50. The molecule has 0 unspecified atom stereocenters. The standard InChI is InChI=1S/C11H13NOS3/c14-11(16-15)9-3-1-2-4-10(9)12-5-7-13-8-6-12/h1-4,15H,5-8H2. The number of hydrogen-bond donors (Lipinski definition) is 1. The number of thiocarbonyl (C=S) groups is 1. The lowest BCUT2D eigenvalue weighted by molar-refractivity contribution is 0.122. The molecule has 1 aromatic rings. The third-order valence-corrected chi connectivity index (χ3v) is 4.33. The molecule has 1 saturated heterocycles. The van der Waals surface area contributed by atoms with Crippen molar-refractivity contribution in [1.82, 2.24) is 0 Å². The van der Waals surface area contributed by atoms with Gasteiger partial charge in [0.15, 0.2) is 0 Å². The minimum Gasteiger partial charge on any atom is -0.378 e. The molecular formula is C11H13NOS3. The van der Waals surface area contributed by atoms with Crippen molar-refractivity contribution in [2.24, 2.45) is 0 Å². The Morgan fingerprint density at radius 2 is 2.00 bits per heavy atom. The average molecular weight is 271 g/mol. The minimum absolute atomic E-state index is 0.787. The van der Waals surface area contributed by atoms with Gasteiger partial charge in [-0.1, -0.05) is 30.4 Å². The maximum absolute atomic E-state index is 5.35. The first-order valence-corrected chi connectivity index (χ1v) is 7.38. The Kier molecular flexibility index (Phi) is 4.52. The summed E-state index contributed by atoms with van der Waals surface area (Å²) in [6, 6.07) is 8.21. The van der Waals surface area contributed by atoms with Crippen molar-refractivity contribution in [3.8, 4) is 0 Å². The van der Waals surface area contributed by atoms with Gasteiger partial charge in [-0.25, -0.2) is 0 Å².